The second kappa shape index (κ2) is 8.32. The molecule has 0 aromatic heterocycles. The average molecular weight is 347 g/mol. The Balaban J connectivity index is 1.67. The van der Waals surface area contributed by atoms with E-state index in [2.05, 4.69) is 5.32 Å². The highest BCUT2D eigenvalue weighted by molar-refractivity contribution is 6.05. The molecule has 0 fully saturated rings. The predicted molar refractivity (Wildman–Crippen MR) is 103 cm³/mol. The van der Waals surface area contributed by atoms with Crippen LogP contribution in [0, 0.1) is 6.92 Å². The Hall–Kier alpha value is -3.11. The summed E-state index contributed by atoms with van der Waals surface area (Å²) in [6, 6.07) is 22.6. The monoisotopic (exact) mass is 347 g/mol. The van der Waals surface area contributed by atoms with E-state index in [9.17, 15) is 4.79 Å². The first-order chi connectivity index (χ1) is 12.7. The molecule has 0 bridgehead atoms. The number of hydrogen-bond donors (Lipinski definition) is 1. The van der Waals surface area contributed by atoms with Crippen LogP contribution < -0.4 is 10.1 Å². The largest absolute Gasteiger partial charge is 0.457 e. The molecule has 1 N–H and O–H groups in total. The molecule has 26 heavy (non-hydrogen) atoms. The smallest absolute Gasteiger partial charge is 0.256 e. The van der Waals surface area contributed by atoms with Crippen LogP contribution in [0.15, 0.2) is 72.8 Å². The van der Waals surface area contributed by atoms with E-state index in [1.54, 1.807) is 13.2 Å². The van der Waals surface area contributed by atoms with E-state index < -0.39 is 0 Å². The van der Waals surface area contributed by atoms with Gasteiger partial charge in [-0.25, -0.2) is 0 Å². The molecule has 0 aliphatic rings. The van der Waals surface area contributed by atoms with Crippen molar-refractivity contribution in [1.29, 1.82) is 0 Å². The predicted octanol–water partition coefficient (Wildman–Crippen LogP) is 5.19. The third kappa shape index (κ3) is 4.49. The van der Waals surface area contributed by atoms with Gasteiger partial charge in [0, 0.05) is 18.4 Å². The van der Waals surface area contributed by atoms with Gasteiger partial charge in [-0.3, -0.25) is 4.79 Å². The summed E-state index contributed by atoms with van der Waals surface area (Å²) < 4.78 is 11.0. The topological polar surface area (TPSA) is 47.6 Å². The summed E-state index contributed by atoms with van der Waals surface area (Å²) in [7, 11) is 1.61. The summed E-state index contributed by atoms with van der Waals surface area (Å²) in [6.07, 6.45) is 0. The van der Waals surface area contributed by atoms with E-state index in [-0.39, 0.29) is 5.91 Å². The molecule has 0 saturated carbocycles. The summed E-state index contributed by atoms with van der Waals surface area (Å²) in [5.74, 6) is 1.33. The van der Waals surface area contributed by atoms with Crippen molar-refractivity contribution in [1.82, 2.24) is 0 Å². The maximum absolute atomic E-state index is 12.5. The van der Waals surface area contributed by atoms with Crippen LogP contribution in [0.25, 0.3) is 0 Å². The molecule has 1 amide bonds. The number of aryl methyl sites for hydroxylation is 1. The number of benzene rings is 3. The van der Waals surface area contributed by atoms with Crippen molar-refractivity contribution < 1.29 is 14.3 Å². The Morgan fingerprint density at radius 2 is 1.50 bits per heavy atom. The molecular weight excluding hydrogens is 326 g/mol. The van der Waals surface area contributed by atoms with Gasteiger partial charge < -0.3 is 14.8 Å². The highest BCUT2D eigenvalue weighted by Crippen LogP contribution is 2.23. The zero-order chi connectivity index (χ0) is 18.4. The maximum atomic E-state index is 12.5. The van der Waals surface area contributed by atoms with Crippen LogP contribution in [0.4, 0.5) is 5.69 Å². The van der Waals surface area contributed by atoms with E-state index in [1.807, 2.05) is 73.7 Å². The Labute approximate surface area is 153 Å². The molecule has 4 heteroatoms. The van der Waals surface area contributed by atoms with Crippen molar-refractivity contribution >= 4 is 11.6 Å². The molecule has 0 radical (unpaired) electrons. The van der Waals surface area contributed by atoms with Gasteiger partial charge in [0.25, 0.3) is 5.91 Å². The summed E-state index contributed by atoms with van der Waals surface area (Å²) in [4.78, 5) is 12.5. The SMILES string of the molecule is COCc1ccccc1C(=O)Nc1ccc(Oc2ccc(C)cc2)cc1. The first kappa shape index (κ1) is 17.7. The molecule has 0 unspecified atom stereocenters. The van der Waals surface area contributed by atoms with E-state index in [0.717, 1.165) is 11.3 Å². The van der Waals surface area contributed by atoms with Crippen molar-refractivity contribution in [3.63, 3.8) is 0 Å². The molecular formula is C22H21NO3. The summed E-state index contributed by atoms with van der Waals surface area (Å²) in [6.45, 7) is 2.43. The number of carbonyl (C=O) groups excluding carboxylic acids is 1. The molecule has 3 aromatic rings. The van der Waals surface area contributed by atoms with Gasteiger partial charge in [0.15, 0.2) is 0 Å². The number of hydrogen-bond acceptors (Lipinski definition) is 3. The van der Waals surface area contributed by atoms with Crippen molar-refractivity contribution in [3.8, 4) is 11.5 Å². The lowest BCUT2D eigenvalue weighted by Gasteiger charge is -2.10. The third-order valence-electron chi connectivity index (χ3n) is 3.93. The molecule has 0 spiro atoms. The fraction of sp³-hybridized carbons (Fsp3) is 0.136. The fourth-order valence-corrected chi connectivity index (χ4v) is 2.57. The Kier molecular flexibility index (Phi) is 5.66. The van der Waals surface area contributed by atoms with E-state index >= 15 is 0 Å². The number of carbonyl (C=O) groups is 1. The number of nitrogens with one attached hydrogen (secondary N) is 1. The number of rotatable bonds is 6. The molecule has 0 aliphatic carbocycles. The maximum Gasteiger partial charge on any atom is 0.256 e. The lowest BCUT2D eigenvalue weighted by molar-refractivity contribution is 0.102. The van der Waals surface area contributed by atoms with E-state index in [4.69, 9.17) is 9.47 Å². The van der Waals surface area contributed by atoms with Gasteiger partial charge in [-0.15, -0.1) is 0 Å². The van der Waals surface area contributed by atoms with Crippen LogP contribution in [0.2, 0.25) is 0 Å². The number of ether oxygens (including phenoxy) is 2. The van der Waals surface area contributed by atoms with Gasteiger partial charge in [-0.2, -0.15) is 0 Å². The zero-order valence-electron chi connectivity index (χ0n) is 14.9. The van der Waals surface area contributed by atoms with Gasteiger partial charge >= 0.3 is 0 Å². The standard InChI is InChI=1S/C22H21NO3/c1-16-7-11-19(12-8-16)26-20-13-9-18(10-14-20)23-22(24)21-6-4-3-5-17(21)15-25-2/h3-14H,15H2,1-2H3,(H,23,24). The highest BCUT2D eigenvalue weighted by atomic mass is 16.5. The van der Waals surface area contributed by atoms with Crippen molar-refractivity contribution in [2.24, 2.45) is 0 Å². The minimum Gasteiger partial charge on any atom is -0.457 e. The molecule has 3 aromatic carbocycles. The minimum atomic E-state index is -0.162. The van der Waals surface area contributed by atoms with Gasteiger partial charge in [0.05, 0.1) is 6.61 Å². The lowest BCUT2D eigenvalue weighted by atomic mass is 10.1. The first-order valence-electron chi connectivity index (χ1n) is 8.38. The van der Waals surface area contributed by atoms with Crippen molar-refractivity contribution in [2.75, 3.05) is 12.4 Å². The van der Waals surface area contributed by atoms with E-state index in [0.29, 0.717) is 23.6 Å². The second-order valence-electron chi connectivity index (χ2n) is 5.98. The highest BCUT2D eigenvalue weighted by Gasteiger charge is 2.11. The summed E-state index contributed by atoms with van der Waals surface area (Å²) in [5, 5.41) is 2.91. The second-order valence-corrected chi connectivity index (χ2v) is 5.98. The van der Waals surface area contributed by atoms with Gasteiger partial charge in [-0.1, -0.05) is 35.9 Å². The fourth-order valence-electron chi connectivity index (χ4n) is 2.57. The summed E-state index contributed by atoms with van der Waals surface area (Å²) in [5.41, 5.74) is 3.35. The zero-order valence-corrected chi connectivity index (χ0v) is 14.9. The first-order valence-corrected chi connectivity index (χ1v) is 8.38. The van der Waals surface area contributed by atoms with Crippen LogP contribution >= 0.6 is 0 Å². The van der Waals surface area contributed by atoms with Gasteiger partial charge in [-0.05, 0) is 55.0 Å². The third-order valence-corrected chi connectivity index (χ3v) is 3.93. The van der Waals surface area contributed by atoms with Gasteiger partial charge in [0.2, 0.25) is 0 Å². The van der Waals surface area contributed by atoms with Crippen LogP contribution in [0.1, 0.15) is 21.5 Å². The van der Waals surface area contributed by atoms with Crippen molar-refractivity contribution in [2.45, 2.75) is 13.5 Å². The van der Waals surface area contributed by atoms with Crippen LogP contribution in [0.5, 0.6) is 11.5 Å². The quantitative estimate of drug-likeness (QED) is 0.668. The number of amides is 1. The molecule has 3 rings (SSSR count). The molecule has 132 valence electrons. The Morgan fingerprint density at radius 1 is 0.885 bits per heavy atom. The van der Waals surface area contributed by atoms with Gasteiger partial charge in [0.1, 0.15) is 11.5 Å². The molecule has 0 atom stereocenters. The van der Waals surface area contributed by atoms with Crippen LogP contribution in [-0.4, -0.2) is 13.0 Å². The number of anilines is 1. The Morgan fingerprint density at radius 3 is 2.15 bits per heavy atom. The van der Waals surface area contributed by atoms with Crippen LogP contribution in [-0.2, 0) is 11.3 Å². The molecule has 0 heterocycles. The molecule has 0 saturated heterocycles. The average Bonchev–Trinajstić information content (AvgIpc) is 2.66. The van der Waals surface area contributed by atoms with Crippen LogP contribution in [0.3, 0.4) is 0 Å². The lowest BCUT2D eigenvalue weighted by Crippen LogP contribution is -2.14. The minimum absolute atomic E-state index is 0.162. The van der Waals surface area contributed by atoms with Crippen molar-refractivity contribution in [3.05, 3.63) is 89.5 Å². The number of methoxy groups -OCH3 is 1. The molecule has 4 nitrogen and oxygen atoms in total. The normalized spacial score (nSPS) is 10.4. The Bertz CT molecular complexity index is 871. The van der Waals surface area contributed by atoms with E-state index in [1.165, 1.54) is 5.56 Å². The molecule has 0 aliphatic heterocycles. The summed E-state index contributed by atoms with van der Waals surface area (Å²) >= 11 is 0.